The maximum atomic E-state index is 4.68. The molecule has 0 radical (unpaired) electrons. The topological polar surface area (TPSA) is 31.4 Å². The molecule has 21 heavy (non-hydrogen) atoms. The van der Waals surface area contributed by atoms with Crippen molar-refractivity contribution in [2.75, 3.05) is 37.6 Å². The van der Waals surface area contributed by atoms with Crippen molar-refractivity contribution in [3.63, 3.8) is 0 Å². The number of nitrogens with one attached hydrogen (secondary N) is 1. The highest BCUT2D eigenvalue weighted by Gasteiger charge is 2.26. The second-order valence-corrected chi connectivity index (χ2v) is 5.84. The van der Waals surface area contributed by atoms with Crippen molar-refractivity contribution in [1.29, 1.82) is 0 Å². The van der Waals surface area contributed by atoms with Crippen molar-refractivity contribution in [3.8, 4) is 0 Å². The summed E-state index contributed by atoms with van der Waals surface area (Å²) in [6.45, 7) is 14.3. The second-order valence-electron chi connectivity index (χ2n) is 5.84. The quantitative estimate of drug-likeness (QED) is 0.836. The lowest BCUT2D eigenvalue weighted by Crippen LogP contribution is -2.37. The van der Waals surface area contributed by atoms with Crippen molar-refractivity contribution in [3.05, 3.63) is 23.9 Å². The van der Waals surface area contributed by atoms with E-state index >= 15 is 0 Å². The smallest absolute Gasteiger partial charge is 0.128 e. The van der Waals surface area contributed by atoms with Gasteiger partial charge < -0.3 is 10.2 Å². The van der Waals surface area contributed by atoms with Gasteiger partial charge in [0.25, 0.3) is 0 Å². The van der Waals surface area contributed by atoms with Crippen LogP contribution in [0.5, 0.6) is 0 Å². The summed E-state index contributed by atoms with van der Waals surface area (Å²) < 4.78 is 0. The van der Waals surface area contributed by atoms with Gasteiger partial charge in [0.1, 0.15) is 5.82 Å². The summed E-state index contributed by atoms with van der Waals surface area (Å²) in [5.74, 6) is 1.12. The normalized spacial score (nSPS) is 20.2. The number of hydrogen-bond acceptors (Lipinski definition) is 4. The highest BCUT2D eigenvalue weighted by molar-refractivity contribution is 5.41. The molecule has 0 aromatic carbocycles. The number of likely N-dealkylation sites (N-methyl/N-ethyl adjacent to an activating group) is 1. The largest absolute Gasteiger partial charge is 0.355 e. The fourth-order valence-corrected chi connectivity index (χ4v) is 3.25. The highest BCUT2D eigenvalue weighted by atomic mass is 15.3. The van der Waals surface area contributed by atoms with Crippen LogP contribution in [0.1, 0.15) is 45.7 Å². The fourth-order valence-electron chi connectivity index (χ4n) is 3.25. The Morgan fingerprint density at radius 2 is 2.10 bits per heavy atom. The average molecular weight is 290 g/mol. The molecule has 0 spiro atoms. The fraction of sp³-hybridized carbons (Fsp3) is 0.706. The molecule has 0 amide bonds. The van der Waals surface area contributed by atoms with Crippen LogP contribution >= 0.6 is 0 Å². The van der Waals surface area contributed by atoms with Crippen LogP contribution in [0.4, 0.5) is 5.82 Å². The van der Waals surface area contributed by atoms with Crippen LogP contribution in [0, 0.1) is 0 Å². The van der Waals surface area contributed by atoms with Gasteiger partial charge in [-0.1, -0.05) is 26.8 Å². The summed E-state index contributed by atoms with van der Waals surface area (Å²) >= 11 is 0. The summed E-state index contributed by atoms with van der Waals surface area (Å²) in [7, 11) is 0. The molecular formula is C17H30N4. The van der Waals surface area contributed by atoms with Gasteiger partial charge in [-0.3, -0.25) is 4.90 Å². The molecule has 1 aromatic rings. The van der Waals surface area contributed by atoms with Crippen molar-refractivity contribution in [1.82, 2.24) is 15.2 Å². The van der Waals surface area contributed by atoms with E-state index in [0.717, 1.165) is 38.5 Å². The lowest BCUT2D eigenvalue weighted by molar-refractivity contribution is 0.232. The SMILES string of the molecule is CCNC(C)c1ccc(N2CCC(N(CC)CC)C2)nc1. The first-order valence-electron chi connectivity index (χ1n) is 8.37. The van der Waals surface area contributed by atoms with Crippen LogP contribution in [0.2, 0.25) is 0 Å². The van der Waals surface area contributed by atoms with Crippen molar-refractivity contribution >= 4 is 5.82 Å². The van der Waals surface area contributed by atoms with E-state index in [4.69, 9.17) is 0 Å². The summed E-state index contributed by atoms with van der Waals surface area (Å²) in [5.41, 5.74) is 1.26. The lowest BCUT2D eigenvalue weighted by atomic mass is 10.1. The zero-order valence-corrected chi connectivity index (χ0v) is 14.0. The number of rotatable bonds is 7. The molecule has 2 atom stereocenters. The molecular weight excluding hydrogens is 260 g/mol. The van der Waals surface area contributed by atoms with E-state index < -0.39 is 0 Å². The Hall–Kier alpha value is -1.13. The third-order valence-electron chi connectivity index (χ3n) is 4.60. The lowest BCUT2D eigenvalue weighted by Gasteiger charge is -2.26. The van der Waals surface area contributed by atoms with Gasteiger partial charge in [0.15, 0.2) is 0 Å². The first kappa shape index (κ1) is 16.2. The first-order valence-corrected chi connectivity index (χ1v) is 8.37. The Kier molecular flexibility index (Phi) is 6.00. The maximum Gasteiger partial charge on any atom is 0.128 e. The number of aromatic nitrogens is 1. The van der Waals surface area contributed by atoms with Gasteiger partial charge in [-0.2, -0.15) is 0 Å². The summed E-state index contributed by atoms with van der Waals surface area (Å²) in [4.78, 5) is 9.66. The van der Waals surface area contributed by atoms with Gasteiger partial charge in [-0.25, -0.2) is 4.98 Å². The predicted molar refractivity (Wildman–Crippen MR) is 89.9 cm³/mol. The molecule has 1 aliphatic heterocycles. The predicted octanol–water partition coefficient (Wildman–Crippen LogP) is 2.67. The molecule has 2 heterocycles. The van der Waals surface area contributed by atoms with E-state index in [9.17, 15) is 0 Å². The number of nitrogens with zero attached hydrogens (tertiary/aromatic N) is 3. The molecule has 2 unspecified atom stereocenters. The van der Waals surface area contributed by atoms with Crippen LogP contribution in [-0.2, 0) is 0 Å². The minimum absolute atomic E-state index is 0.374. The van der Waals surface area contributed by atoms with Crippen molar-refractivity contribution < 1.29 is 0 Å². The molecule has 4 heteroatoms. The van der Waals surface area contributed by atoms with Gasteiger partial charge in [-0.15, -0.1) is 0 Å². The molecule has 0 aliphatic carbocycles. The van der Waals surface area contributed by atoms with E-state index in [-0.39, 0.29) is 0 Å². The van der Waals surface area contributed by atoms with Gasteiger partial charge in [0.2, 0.25) is 0 Å². The summed E-state index contributed by atoms with van der Waals surface area (Å²) in [6, 6.07) is 5.44. The Morgan fingerprint density at radius 1 is 1.33 bits per heavy atom. The van der Waals surface area contributed by atoms with Crippen LogP contribution in [0.15, 0.2) is 18.3 Å². The molecule has 1 aliphatic rings. The molecule has 0 bridgehead atoms. The van der Waals surface area contributed by atoms with E-state index in [1.54, 1.807) is 0 Å². The Labute approximate surface area is 129 Å². The summed E-state index contributed by atoms with van der Waals surface area (Å²) in [6.07, 6.45) is 3.27. The molecule has 4 nitrogen and oxygen atoms in total. The highest BCUT2D eigenvalue weighted by Crippen LogP contribution is 2.22. The van der Waals surface area contributed by atoms with E-state index in [1.807, 2.05) is 6.20 Å². The van der Waals surface area contributed by atoms with Crippen molar-refractivity contribution in [2.45, 2.75) is 46.2 Å². The number of hydrogen-bond donors (Lipinski definition) is 1. The van der Waals surface area contributed by atoms with E-state index in [0.29, 0.717) is 12.1 Å². The molecule has 1 saturated heterocycles. The molecule has 0 saturated carbocycles. The molecule has 2 rings (SSSR count). The zero-order valence-electron chi connectivity index (χ0n) is 14.0. The zero-order chi connectivity index (χ0) is 15.2. The Balaban J connectivity index is 1.97. The van der Waals surface area contributed by atoms with Crippen LogP contribution in [0.3, 0.4) is 0 Å². The van der Waals surface area contributed by atoms with Gasteiger partial charge in [-0.05, 0) is 44.6 Å². The van der Waals surface area contributed by atoms with Crippen LogP contribution in [0.25, 0.3) is 0 Å². The van der Waals surface area contributed by atoms with E-state index in [2.05, 4.69) is 59.9 Å². The number of anilines is 1. The van der Waals surface area contributed by atoms with Crippen LogP contribution < -0.4 is 10.2 Å². The molecule has 1 fully saturated rings. The standard InChI is InChI=1S/C17H30N4/c1-5-18-14(4)15-8-9-17(19-12-15)21-11-10-16(13-21)20(6-2)7-3/h8-9,12,14,16,18H,5-7,10-11,13H2,1-4H3. The van der Waals surface area contributed by atoms with Gasteiger partial charge in [0, 0.05) is 31.4 Å². The second kappa shape index (κ2) is 7.76. The Bertz CT molecular complexity index is 413. The number of pyridine rings is 1. The molecule has 1 aromatic heterocycles. The van der Waals surface area contributed by atoms with Crippen LogP contribution in [-0.4, -0.2) is 48.6 Å². The summed E-state index contributed by atoms with van der Waals surface area (Å²) in [5, 5.41) is 3.43. The van der Waals surface area contributed by atoms with Gasteiger partial charge in [0.05, 0.1) is 0 Å². The van der Waals surface area contributed by atoms with E-state index in [1.165, 1.54) is 12.0 Å². The molecule has 1 N–H and O–H groups in total. The third kappa shape index (κ3) is 3.95. The minimum Gasteiger partial charge on any atom is -0.355 e. The first-order chi connectivity index (χ1) is 10.2. The Morgan fingerprint density at radius 3 is 2.67 bits per heavy atom. The van der Waals surface area contributed by atoms with Gasteiger partial charge >= 0.3 is 0 Å². The monoisotopic (exact) mass is 290 g/mol. The van der Waals surface area contributed by atoms with Crippen molar-refractivity contribution in [2.24, 2.45) is 0 Å². The molecule has 118 valence electrons. The third-order valence-corrected chi connectivity index (χ3v) is 4.60. The minimum atomic E-state index is 0.374. The average Bonchev–Trinajstić information content (AvgIpc) is 2.99. The maximum absolute atomic E-state index is 4.68.